The van der Waals surface area contributed by atoms with Crippen LogP contribution in [0.15, 0.2) is 73.1 Å². The predicted molar refractivity (Wildman–Crippen MR) is 159 cm³/mol. The van der Waals surface area contributed by atoms with Crippen LogP contribution >= 0.6 is 0 Å². The Balaban J connectivity index is 1.41. The Kier molecular flexibility index (Phi) is 5.60. The second kappa shape index (κ2) is 8.61. The zero-order chi connectivity index (χ0) is 26.4. The van der Waals surface area contributed by atoms with Crippen LogP contribution in [0, 0.1) is 46.3 Å². The fraction of sp³-hybridized carbons (Fsp3) is 0.571. The Hall–Kier alpha value is -2.29. The summed E-state index contributed by atoms with van der Waals surface area (Å²) in [5, 5.41) is 0. The van der Waals surface area contributed by atoms with E-state index >= 15 is 0 Å². The number of rotatable bonds is 5. The summed E-state index contributed by atoms with van der Waals surface area (Å²) in [7, 11) is 0. The van der Waals surface area contributed by atoms with Gasteiger partial charge in [-0.15, -0.1) is 0 Å². The molecule has 0 spiro atoms. The van der Waals surface area contributed by atoms with E-state index in [-0.39, 0.29) is 0 Å². The molecular formula is C35H46BN2. The van der Waals surface area contributed by atoms with E-state index in [1.54, 1.807) is 0 Å². The summed E-state index contributed by atoms with van der Waals surface area (Å²) in [4.78, 5) is 0. The first kappa shape index (κ1) is 24.7. The van der Waals surface area contributed by atoms with E-state index in [4.69, 9.17) is 0 Å². The van der Waals surface area contributed by atoms with Crippen molar-refractivity contribution in [3.8, 4) is 11.4 Å². The van der Waals surface area contributed by atoms with Crippen molar-refractivity contribution in [3.05, 3.63) is 73.1 Å². The minimum absolute atomic E-state index is 0.513. The minimum atomic E-state index is 0.513. The van der Waals surface area contributed by atoms with Gasteiger partial charge in [-0.1, -0.05) is 103 Å². The van der Waals surface area contributed by atoms with Gasteiger partial charge >= 0.3 is 0 Å². The van der Waals surface area contributed by atoms with Crippen LogP contribution in [-0.4, -0.2) is 11.3 Å². The van der Waals surface area contributed by atoms with Crippen molar-refractivity contribution in [2.75, 3.05) is 0 Å². The van der Waals surface area contributed by atoms with E-state index in [0.29, 0.717) is 17.5 Å². The molecule has 6 fully saturated rings. The van der Waals surface area contributed by atoms with Crippen LogP contribution in [0.2, 0.25) is 11.6 Å². The molecule has 6 saturated carbocycles. The summed E-state index contributed by atoms with van der Waals surface area (Å²) in [6.45, 7) is 16.1. The highest BCUT2D eigenvalue weighted by Crippen LogP contribution is 2.69. The zero-order valence-electron chi connectivity index (χ0n) is 24.3. The number of benzene rings is 2. The van der Waals surface area contributed by atoms with Gasteiger partial charge in [-0.3, -0.25) is 0 Å². The zero-order valence-corrected chi connectivity index (χ0v) is 24.3. The summed E-state index contributed by atoms with van der Waals surface area (Å²) in [6, 6.07) is 22.3. The number of nitrogens with zero attached hydrogens (tertiary/aromatic N) is 2. The molecule has 199 valence electrons. The molecule has 8 atom stereocenters. The molecule has 3 heteroatoms. The van der Waals surface area contributed by atoms with Crippen molar-refractivity contribution < 1.29 is 4.57 Å². The number of fused-ring (bicyclic) bond motifs is 4. The maximum Gasteiger partial charge on any atom is 0.132 e. The van der Waals surface area contributed by atoms with E-state index < -0.39 is 0 Å². The molecule has 4 bridgehead atoms. The molecule has 0 saturated heterocycles. The van der Waals surface area contributed by atoms with Crippen LogP contribution < -0.4 is 10.3 Å². The van der Waals surface area contributed by atoms with Gasteiger partial charge in [-0.2, -0.15) is 11.6 Å². The van der Waals surface area contributed by atoms with Crippen LogP contribution in [0.3, 0.4) is 0 Å². The molecule has 38 heavy (non-hydrogen) atoms. The van der Waals surface area contributed by atoms with E-state index in [1.165, 1.54) is 42.8 Å². The first-order chi connectivity index (χ1) is 18.2. The van der Waals surface area contributed by atoms with Crippen molar-refractivity contribution in [1.82, 2.24) is 4.57 Å². The summed E-state index contributed by atoms with van der Waals surface area (Å²) in [6.07, 6.45) is 10.4. The maximum atomic E-state index is 2.63. The Labute approximate surface area is 230 Å². The molecule has 0 aliphatic heterocycles. The molecule has 1 radical (unpaired) electrons. The van der Waals surface area contributed by atoms with E-state index in [0.717, 1.165) is 47.1 Å². The largest absolute Gasteiger partial charge is 0.240 e. The number of imidazole rings is 1. The SMILES string of the molecule is C[C@@H]1[C@@H]([B-](c2n(-c3ccccc3)cc[n+]2-c2ccccc2)[C@H]2C[C@H]3C[C@@H]([C@@H]2C)C3(C)C)C[C@H]2C[C@@H]1C2(C)C. The summed E-state index contributed by atoms with van der Waals surface area (Å²) < 4.78 is 5.13. The lowest BCUT2D eigenvalue weighted by Crippen LogP contribution is -2.67. The first-order valence-electron chi connectivity index (χ1n) is 15.4. The summed E-state index contributed by atoms with van der Waals surface area (Å²) in [5.74, 6) is 6.51. The van der Waals surface area contributed by atoms with Crippen molar-refractivity contribution in [2.24, 2.45) is 46.3 Å². The number of hydrogen-bond donors (Lipinski definition) is 0. The van der Waals surface area contributed by atoms with Crippen LogP contribution in [-0.2, 0) is 0 Å². The molecule has 0 amide bonds. The van der Waals surface area contributed by atoms with Crippen LogP contribution in [0.5, 0.6) is 0 Å². The predicted octanol–water partition coefficient (Wildman–Crippen LogP) is 7.60. The number of para-hydroxylation sites is 2. The molecule has 6 aliphatic rings. The third-order valence-corrected chi connectivity index (χ3v) is 13.0. The normalized spacial score (nSPS) is 36.4. The molecule has 2 nitrogen and oxygen atoms in total. The summed E-state index contributed by atoms with van der Waals surface area (Å²) >= 11 is 0. The van der Waals surface area contributed by atoms with Gasteiger partial charge in [0.25, 0.3) is 0 Å². The van der Waals surface area contributed by atoms with Crippen molar-refractivity contribution in [1.29, 1.82) is 0 Å². The van der Waals surface area contributed by atoms with E-state index in [9.17, 15) is 0 Å². The first-order valence-corrected chi connectivity index (χ1v) is 15.4. The number of hydrogen-bond acceptors (Lipinski definition) is 0. The third-order valence-electron chi connectivity index (χ3n) is 13.0. The maximum absolute atomic E-state index is 2.63. The quantitative estimate of drug-likeness (QED) is 0.249. The Morgan fingerprint density at radius 2 is 1.21 bits per heavy atom. The average molecular weight is 506 g/mol. The second-order valence-electron chi connectivity index (χ2n) is 14.8. The van der Waals surface area contributed by atoms with Crippen LogP contribution in [0.4, 0.5) is 0 Å². The molecule has 3 aromatic rings. The van der Waals surface area contributed by atoms with Crippen molar-refractivity contribution in [3.63, 3.8) is 0 Å². The molecule has 2 aromatic carbocycles. The topological polar surface area (TPSA) is 8.81 Å². The van der Waals surface area contributed by atoms with Gasteiger partial charge in [0.05, 0.1) is 0 Å². The fourth-order valence-corrected chi connectivity index (χ4v) is 10.4. The lowest BCUT2D eigenvalue weighted by atomic mass is 9.20. The van der Waals surface area contributed by atoms with Gasteiger partial charge in [0.15, 0.2) is 0 Å². The van der Waals surface area contributed by atoms with Gasteiger partial charge < -0.3 is 0 Å². The molecule has 0 unspecified atom stereocenters. The Morgan fingerprint density at radius 3 is 1.68 bits per heavy atom. The molecule has 9 rings (SSSR count). The summed E-state index contributed by atoms with van der Waals surface area (Å²) in [5.41, 5.74) is 5.14. The Morgan fingerprint density at radius 1 is 0.711 bits per heavy atom. The lowest BCUT2D eigenvalue weighted by Gasteiger charge is -2.69. The Bertz CT molecular complexity index is 1210. The monoisotopic (exact) mass is 505 g/mol. The smallest absolute Gasteiger partial charge is 0.132 e. The minimum Gasteiger partial charge on any atom is -0.240 e. The van der Waals surface area contributed by atoms with Crippen LogP contribution in [0.25, 0.3) is 11.4 Å². The highest BCUT2D eigenvalue weighted by Gasteiger charge is 2.59. The van der Waals surface area contributed by atoms with Gasteiger partial charge in [-0.25, -0.2) is 9.13 Å². The molecule has 0 N–H and O–H groups in total. The van der Waals surface area contributed by atoms with Gasteiger partial charge in [0.2, 0.25) is 0 Å². The molecule has 1 aromatic heterocycles. The average Bonchev–Trinajstić information content (AvgIpc) is 3.35. The van der Waals surface area contributed by atoms with Gasteiger partial charge in [-0.05, 0) is 71.6 Å². The third kappa shape index (κ3) is 3.42. The fourth-order valence-electron chi connectivity index (χ4n) is 10.4. The van der Waals surface area contributed by atoms with Crippen LogP contribution in [0.1, 0.15) is 67.2 Å². The molecular weight excluding hydrogens is 459 g/mol. The number of aromatic nitrogens is 2. The lowest BCUT2D eigenvalue weighted by molar-refractivity contribution is -0.576. The van der Waals surface area contributed by atoms with Gasteiger partial charge in [0, 0.05) is 12.4 Å². The second-order valence-corrected chi connectivity index (χ2v) is 14.8. The molecule has 1 heterocycles. The van der Waals surface area contributed by atoms with E-state index in [1.807, 2.05) is 0 Å². The van der Waals surface area contributed by atoms with Crippen molar-refractivity contribution in [2.45, 2.75) is 78.9 Å². The standard InChI is InChI=1S/C35H46BN2/c1-23-29-19-25(34(29,3)4)21-31(23)36(32-22-26-20-30(24(32)2)35(26,5)6)33-37(27-13-9-7-10-14-27)17-18-38(33)28-15-11-8-12-16-28/h7-18,23-26,29-32H,19-22H2,1-6H3/t23-,24-,25+,26+,29-,30-,31-,32-/m0/s1. The van der Waals surface area contributed by atoms with Crippen molar-refractivity contribution >= 4 is 12.4 Å². The van der Waals surface area contributed by atoms with Gasteiger partial charge in [0.1, 0.15) is 23.8 Å². The highest BCUT2D eigenvalue weighted by atomic mass is 15.1. The highest BCUT2D eigenvalue weighted by molar-refractivity contribution is 6.74. The molecule has 6 aliphatic carbocycles. The van der Waals surface area contributed by atoms with E-state index in [2.05, 4.69) is 124 Å².